The van der Waals surface area contributed by atoms with Crippen LogP contribution in [0.4, 0.5) is 0 Å². The molecule has 0 spiro atoms. The molecular weight excluding hydrogens is 1770 g/mol. The van der Waals surface area contributed by atoms with Crippen molar-refractivity contribution in [1.82, 2.24) is 44.9 Å². The Bertz CT molecular complexity index is 9220. The highest BCUT2D eigenvalue weighted by atomic mass is 14.9. The molecule has 0 bridgehead atoms. The summed E-state index contributed by atoms with van der Waals surface area (Å²) in [6, 6.07) is 166. The van der Waals surface area contributed by atoms with Crippen LogP contribution in [0, 0.1) is 13.8 Å². The van der Waals surface area contributed by atoms with Gasteiger partial charge in [0.05, 0.1) is 34.2 Å². The van der Waals surface area contributed by atoms with E-state index in [1.807, 2.05) is 55.1 Å². The highest BCUT2D eigenvalue weighted by Crippen LogP contribution is 2.46. The lowest BCUT2D eigenvalue weighted by Gasteiger charge is -2.14. The minimum Gasteiger partial charge on any atom is -0.265 e. The van der Waals surface area contributed by atoms with Gasteiger partial charge in [-0.05, 0) is 242 Å². The Morgan fingerprint density at radius 1 is 0.137 bits per heavy atom. The van der Waals surface area contributed by atoms with Gasteiger partial charge in [-0.3, -0.25) is 15.0 Å². The molecule has 0 amide bonds. The fraction of sp³-hybridized carbons (Fsp3) is 0.0146. The average Bonchev–Trinajstić information content (AvgIpc) is 0.739. The van der Waals surface area contributed by atoms with Crippen LogP contribution in [0.15, 0.2) is 504 Å². The Morgan fingerprint density at radius 2 is 0.377 bits per heavy atom. The van der Waals surface area contributed by atoms with Gasteiger partial charge in [0, 0.05) is 87.3 Å². The number of nitrogens with zero attached hydrogens (tertiary/aromatic N) is 9. The number of aryl methyl sites for hydroxylation is 2. The van der Waals surface area contributed by atoms with E-state index in [-0.39, 0.29) is 0 Å². The van der Waals surface area contributed by atoms with E-state index in [1.54, 1.807) is 12.4 Å². The number of benzene rings is 22. The van der Waals surface area contributed by atoms with Crippen LogP contribution in [-0.4, -0.2) is 44.9 Å². The minimum atomic E-state index is 0.693. The standard InChI is InChI=1S/C49H31N3.2C44H29N3/c1-2-6-32(7-3-1)33-11-17-36(18-12-33)45-30-46(37-19-13-34(14-20-37)42-10-5-29-50-31-42)52-49(51-45)41-23-15-35(16-24-41)43-27-25-40-22-21-38-8-4-9-39-26-28-44(43)48(40)47(38)39;1-28-6-2-3-10-37(28)41-26-40(31-15-11-29(12-16-31)36-9-5-25-45-27-36)46-44(47-41)35-19-13-30(14-20-35)38-23-21-34-18-17-32-7-4-8-33-22-24-39(38)43(34)42(32)33;1-28-5-2-3-8-37(28)41-27-40(32-13-9-29(10-14-32)30-23-25-45-26-24-30)46-44(47-41)36-17-11-31(12-18-36)38-21-19-35-16-15-33-6-4-7-34-20-22-39(38)43(35)42(33)34/h1-31H;2*2-27H,1H3. The SMILES string of the molecule is Cc1ccccc1-c1cc(-c2ccc(-c3cccnc3)cc2)nc(-c2ccc(-c3ccc4ccc5cccc6ccc3c4c56)cc2)n1.Cc1ccccc1-c1cc(-c2ccc(-c3ccncc3)cc2)nc(-c2ccc(-c3ccc4ccc5cccc6ccc3c4c56)cc2)n1.c1ccc(-c2ccc(-c3cc(-c4ccc(-c5cccnc5)cc4)nc(-c4ccc(-c5ccc6ccc7cccc8ccc5c6c78)cc4)n3)cc2)cc1. The number of rotatable bonds is 16. The lowest BCUT2D eigenvalue weighted by molar-refractivity contribution is 1.18. The fourth-order valence-electron chi connectivity index (χ4n) is 21.3. The molecule has 0 aliphatic rings. The highest BCUT2D eigenvalue weighted by molar-refractivity contribution is 6.28. The molecule has 28 aromatic rings. The normalized spacial score (nSPS) is 11.5. The van der Waals surface area contributed by atoms with Gasteiger partial charge in [-0.25, -0.2) is 29.9 Å². The summed E-state index contributed by atoms with van der Waals surface area (Å²) in [5, 5.41) is 23.3. The summed E-state index contributed by atoms with van der Waals surface area (Å²) in [7, 11) is 0. The zero-order valence-corrected chi connectivity index (χ0v) is 79.9. The van der Waals surface area contributed by atoms with Gasteiger partial charge in [-0.15, -0.1) is 0 Å². The van der Waals surface area contributed by atoms with E-state index in [2.05, 4.69) is 466 Å². The Balaban J connectivity index is 0.000000111. The van der Waals surface area contributed by atoms with Crippen molar-refractivity contribution in [2.75, 3.05) is 0 Å². The predicted molar refractivity (Wildman–Crippen MR) is 607 cm³/mol. The first-order valence-electron chi connectivity index (χ1n) is 49.4. The molecule has 9 nitrogen and oxygen atoms in total. The van der Waals surface area contributed by atoms with Crippen LogP contribution in [0.5, 0.6) is 0 Å². The molecule has 682 valence electrons. The van der Waals surface area contributed by atoms with Crippen molar-refractivity contribution < 1.29 is 0 Å². The van der Waals surface area contributed by atoms with E-state index >= 15 is 0 Å². The van der Waals surface area contributed by atoms with Gasteiger partial charge in [-0.2, -0.15) is 0 Å². The maximum absolute atomic E-state index is 5.16. The second-order valence-electron chi connectivity index (χ2n) is 37.6. The monoisotopic (exact) mass is 1860 g/mol. The van der Waals surface area contributed by atoms with Gasteiger partial charge in [0.2, 0.25) is 0 Å². The smallest absolute Gasteiger partial charge is 0.160 e. The Hall–Kier alpha value is -19.4. The lowest BCUT2D eigenvalue weighted by atomic mass is 9.90. The summed E-state index contributed by atoms with van der Waals surface area (Å²) in [6.45, 7) is 4.26. The first kappa shape index (κ1) is 86.9. The van der Waals surface area contributed by atoms with Crippen molar-refractivity contribution in [3.8, 4) is 180 Å². The number of pyridine rings is 3. The van der Waals surface area contributed by atoms with Crippen molar-refractivity contribution in [3.63, 3.8) is 0 Å². The molecule has 6 heterocycles. The van der Waals surface area contributed by atoms with Crippen LogP contribution in [0.1, 0.15) is 11.1 Å². The Kier molecular flexibility index (Phi) is 22.2. The molecule has 0 aliphatic carbocycles. The Labute approximate surface area is 844 Å². The van der Waals surface area contributed by atoms with Gasteiger partial charge in [-0.1, -0.05) is 425 Å². The first-order valence-corrected chi connectivity index (χ1v) is 49.4. The molecule has 0 atom stereocenters. The van der Waals surface area contributed by atoms with E-state index in [9.17, 15) is 0 Å². The van der Waals surface area contributed by atoms with E-state index < -0.39 is 0 Å². The Morgan fingerprint density at radius 3 is 0.692 bits per heavy atom. The minimum absolute atomic E-state index is 0.693. The van der Waals surface area contributed by atoms with Crippen molar-refractivity contribution in [3.05, 3.63) is 515 Å². The summed E-state index contributed by atoms with van der Waals surface area (Å²) >= 11 is 0. The molecule has 0 N–H and O–H groups in total. The molecule has 28 rings (SSSR count). The predicted octanol–water partition coefficient (Wildman–Crippen LogP) is 35.6. The fourth-order valence-corrected chi connectivity index (χ4v) is 21.3. The van der Waals surface area contributed by atoms with Gasteiger partial charge >= 0.3 is 0 Å². The summed E-state index contributed by atoms with van der Waals surface area (Å²) in [6.07, 6.45) is 11.0. The first-order chi connectivity index (χ1) is 72.1. The van der Waals surface area contributed by atoms with Crippen LogP contribution >= 0.6 is 0 Å². The zero-order valence-electron chi connectivity index (χ0n) is 79.9. The van der Waals surface area contributed by atoms with E-state index in [0.29, 0.717) is 17.5 Å². The van der Waals surface area contributed by atoms with Crippen LogP contribution in [0.25, 0.3) is 277 Å². The number of hydrogen-bond donors (Lipinski definition) is 0. The molecule has 0 aliphatic heterocycles. The van der Waals surface area contributed by atoms with Crippen LogP contribution in [0.2, 0.25) is 0 Å². The summed E-state index contributed by atoms with van der Waals surface area (Å²) < 4.78 is 0. The number of hydrogen-bond acceptors (Lipinski definition) is 9. The van der Waals surface area contributed by atoms with Crippen LogP contribution in [-0.2, 0) is 0 Å². The largest absolute Gasteiger partial charge is 0.265 e. The van der Waals surface area contributed by atoms with Crippen molar-refractivity contribution in [2.45, 2.75) is 13.8 Å². The molecule has 146 heavy (non-hydrogen) atoms. The third kappa shape index (κ3) is 16.5. The van der Waals surface area contributed by atoms with Crippen molar-refractivity contribution in [1.29, 1.82) is 0 Å². The average molecular weight is 1860 g/mol. The van der Waals surface area contributed by atoms with Gasteiger partial charge < -0.3 is 0 Å². The second kappa shape index (κ2) is 37.3. The topological polar surface area (TPSA) is 116 Å². The van der Waals surface area contributed by atoms with Gasteiger partial charge in [0.15, 0.2) is 17.5 Å². The van der Waals surface area contributed by atoms with Crippen molar-refractivity contribution in [2.24, 2.45) is 0 Å². The van der Waals surface area contributed by atoms with E-state index in [4.69, 9.17) is 29.9 Å². The van der Waals surface area contributed by atoms with Crippen molar-refractivity contribution >= 4 is 97.0 Å². The summed E-state index contributed by atoms with van der Waals surface area (Å²) in [5.41, 5.74) is 33.3. The zero-order chi connectivity index (χ0) is 97.1. The van der Waals surface area contributed by atoms with Gasteiger partial charge in [0.1, 0.15) is 0 Å². The summed E-state index contributed by atoms with van der Waals surface area (Å²) in [4.78, 5) is 43.5. The second-order valence-corrected chi connectivity index (χ2v) is 37.6. The lowest BCUT2D eigenvalue weighted by Crippen LogP contribution is -1.97. The molecule has 0 unspecified atom stereocenters. The third-order valence-electron chi connectivity index (χ3n) is 28.8. The van der Waals surface area contributed by atoms with E-state index in [0.717, 1.165) is 118 Å². The summed E-state index contributed by atoms with van der Waals surface area (Å²) in [5.74, 6) is 2.11. The quantitative estimate of drug-likeness (QED) is 0.0872. The third-order valence-corrected chi connectivity index (χ3v) is 28.8. The van der Waals surface area contributed by atoms with Crippen LogP contribution in [0.3, 0.4) is 0 Å². The molecule has 22 aromatic carbocycles. The van der Waals surface area contributed by atoms with E-state index in [1.165, 1.54) is 153 Å². The maximum Gasteiger partial charge on any atom is 0.160 e. The molecule has 0 saturated carbocycles. The van der Waals surface area contributed by atoms with Gasteiger partial charge in [0.25, 0.3) is 0 Å². The number of aromatic nitrogens is 9. The molecule has 0 radical (unpaired) electrons. The highest BCUT2D eigenvalue weighted by Gasteiger charge is 2.23. The molecule has 6 aromatic heterocycles. The molecular formula is C137H89N9. The molecule has 0 saturated heterocycles. The molecule has 9 heteroatoms. The van der Waals surface area contributed by atoms with Crippen LogP contribution < -0.4 is 0 Å². The maximum atomic E-state index is 5.16. The molecule has 0 fully saturated rings.